The number of carbonyl (C=O) groups is 2. The lowest BCUT2D eigenvalue weighted by atomic mass is 9.90. The summed E-state index contributed by atoms with van der Waals surface area (Å²) < 4.78 is 5.45. The van der Waals surface area contributed by atoms with Crippen LogP contribution in [0.4, 0.5) is 0 Å². The van der Waals surface area contributed by atoms with Crippen LogP contribution in [0.5, 0.6) is 5.75 Å². The molecule has 0 aliphatic rings. The molecule has 1 aromatic rings. The van der Waals surface area contributed by atoms with E-state index in [4.69, 9.17) is 10.00 Å². The molecule has 6 nitrogen and oxygen atoms in total. The number of nitriles is 1. The Hall–Kier alpha value is -2.07. The van der Waals surface area contributed by atoms with Crippen molar-refractivity contribution in [3.05, 3.63) is 28.2 Å². The van der Waals surface area contributed by atoms with Gasteiger partial charge in [0, 0.05) is 4.47 Å². The van der Waals surface area contributed by atoms with Crippen LogP contribution in [-0.4, -0.2) is 29.1 Å². The van der Waals surface area contributed by atoms with Gasteiger partial charge in [0.1, 0.15) is 16.9 Å². The van der Waals surface area contributed by atoms with Gasteiger partial charge in [-0.15, -0.1) is 0 Å². The normalized spacial score (nSPS) is 13.1. The van der Waals surface area contributed by atoms with Crippen molar-refractivity contribution in [3.8, 4) is 11.8 Å². The lowest BCUT2D eigenvalue weighted by Gasteiger charge is -2.27. The van der Waals surface area contributed by atoms with Gasteiger partial charge in [0.25, 0.3) is 5.91 Å². The average Bonchev–Trinajstić information content (AvgIpc) is 2.46. The Balaban J connectivity index is 2.67. The zero-order chi connectivity index (χ0) is 16.9. The van der Waals surface area contributed by atoms with E-state index in [2.05, 4.69) is 21.2 Å². The van der Waals surface area contributed by atoms with Crippen LogP contribution in [-0.2, 0) is 9.53 Å². The van der Waals surface area contributed by atoms with Gasteiger partial charge in [0.05, 0.1) is 6.07 Å². The van der Waals surface area contributed by atoms with Gasteiger partial charge in [-0.25, -0.2) is 4.79 Å². The molecular weight excluding hydrogens is 352 g/mol. The van der Waals surface area contributed by atoms with E-state index in [-0.39, 0.29) is 17.2 Å². The molecule has 1 aromatic carbocycles. The fourth-order valence-corrected chi connectivity index (χ4v) is 1.87. The highest BCUT2D eigenvalue weighted by molar-refractivity contribution is 9.10. The zero-order valence-corrected chi connectivity index (χ0v) is 14.1. The first-order valence-corrected chi connectivity index (χ1v) is 7.37. The fourth-order valence-electron chi connectivity index (χ4n) is 1.51. The smallest absolute Gasteiger partial charge is 0.342 e. The van der Waals surface area contributed by atoms with Gasteiger partial charge in [0.2, 0.25) is 0 Å². The minimum atomic E-state index is -1.04. The Labute approximate surface area is 137 Å². The van der Waals surface area contributed by atoms with Gasteiger partial charge in [-0.1, -0.05) is 29.8 Å². The SMILES string of the molecule is CC(C)[C@](C)(C#N)NC(=O)COC(=O)c1cc(Br)ccc1O. The number of halogens is 1. The molecule has 2 N–H and O–H groups in total. The third-order valence-electron chi connectivity index (χ3n) is 3.30. The number of esters is 1. The van der Waals surface area contributed by atoms with Crippen molar-refractivity contribution in [2.75, 3.05) is 6.61 Å². The molecule has 0 heterocycles. The van der Waals surface area contributed by atoms with Crippen LogP contribution in [0.25, 0.3) is 0 Å². The molecule has 0 aromatic heterocycles. The molecule has 0 radical (unpaired) electrons. The summed E-state index contributed by atoms with van der Waals surface area (Å²) in [5.41, 5.74) is -1.09. The van der Waals surface area contributed by atoms with E-state index in [0.717, 1.165) is 0 Å². The Morgan fingerprint density at radius 1 is 1.50 bits per heavy atom. The van der Waals surface area contributed by atoms with E-state index in [1.165, 1.54) is 12.1 Å². The Kier molecular flexibility index (Phi) is 5.94. The summed E-state index contributed by atoms with van der Waals surface area (Å²) in [6.45, 7) is 4.66. The quantitative estimate of drug-likeness (QED) is 0.777. The number of rotatable bonds is 5. The van der Waals surface area contributed by atoms with Crippen LogP contribution in [0, 0.1) is 17.2 Å². The lowest BCUT2D eigenvalue weighted by molar-refractivity contribution is -0.125. The van der Waals surface area contributed by atoms with Crippen molar-refractivity contribution < 1.29 is 19.4 Å². The van der Waals surface area contributed by atoms with E-state index >= 15 is 0 Å². The summed E-state index contributed by atoms with van der Waals surface area (Å²) >= 11 is 3.18. The number of ether oxygens (including phenoxy) is 1. The number of hydrogen-bond acceptors (Lipinski definition) is 5. The highest BCUT2D eigenvalue weighted by atomic mass is 79.9. The number of amides is 1. The molecule has 0 bridgehead atoms. The third-order valence-corrected chi connectivity index (χ3v) is 3.79. The topological polar surface area (TPSA) is 99.4 Å². The lowest BCUT2D eigenvalue weighted by Crippen LogP contribution is -2.50. The summed E-state index contributed by atoms with van der Waals surface area (Å²) in [6, 6.07) is 6.33. The van der Waals surface area contributed by atoms with E-state index < -0.39 is 24.0 Å². The molecule has 1 rings (SSSR count). The van der Waals surface area contributed by atoms with Gasteiger partial charge in [-0.05, 0) is 31.0 Å². The van der Waals surface area contributed by atoms with Crippen LogP contribution in [0.3, 0.4) is 0 Å². The summed E-state index contributed by atoms with van der Waals surface area (Å²) in [5, 5.41) is 21.2. The number of phenols is 1. The number of nitrogens with zero attached hydrogens (tertiary/aromatic N) is 1. The van der Waals surface area contributed by atoms with E-state index in [1.54, 1.807) is 26.8 Å². The first-order chi connectivity index (χ1) is 10.2. The molecule has 7 heteroatoms. The van der Waals surface area contributed by atoms with Gasteiger partial charge in [0.15, 0.2) is 6.61 Å². The van der Waals surface area contributed by atoms with Crippen molar-refractivity contribution in [1.82, 2.24) is 5.32 Å². The molecule has 0 aliphatic heterocycles. The second-order valence-corrected chi connectivity index (χ2v) is 6.17. The molecule has 1 amide bonds. The second-order valence-electron chi connectivity index (χ2n) is 5.25. The molecule has 0 aliphatic carbocycles. The predicted octanol–water partition coefficient (Wildman–Crippen LogP) is 2.37. The standard InChI is InChI=1S/C15H17BrN2O4/c1-9(2)15(3,8-17)18-13(20)7-22-14(21)11-6-10(16)4-5-12(11)19/h4-6,9,19H,7H2,1-3H3,(H,18,20)/t15-/m0/s1. The molecule has 0 fully saturated rings. The molecule has 0 unspecified atom stereocenters. The molecule has 0 spiro atoms. The van der Waals surface area contributed by atoms with Crippen molar-refractivity contribution in [2.45, 2.75) is 26.3 Å². The summed E-state index contributed by atoms with van der Waals surface area (Å²) in [4.78, 5) is 23.6. The van der Waals surface area contributed by atoms with E-state index in [0.29, 0.717) is 4.47 Å². The minimum Gasteiger partial charge on any atom is -0.507 e. The third kappa shape index (κ3) is 4.46. The van der Waals surface area contributed by atoms with E-state index in [9.17, 15) is 14.7 Å². The maximum absolute atomic E-state index is 11.8. The number of hydrogen-bond donors (Lipinski definition) is 2. The summed E-state index contributed by atoms with van der Waals surface area (Å²) in [5.74, 6) is -1.75. The van der Waals surface area contributed by atoms with Crippen LogP contribution in [0.15, 0.2) is 22.7 Å². The Morgan fingerprint density at radius 3 is 2.68 bits per heavy atom. The number of nitrogens with one attached hydrogen (secondary N) is 1. The monoisotopic (exact) mass is 368 g/mol. The highest BCUT2D eigenvalue weighted by Crippen LogP contribution is 2.22. The van der Waals surface area contributed by atoms with Crippen molar-refractivity contribution in [3.63, 3.8) is 0 Å². The average molecular weight is 369 g/mol. The van der Waals surface area contributed by atoms with Gasteiger partial charge in [-0.3, -0.25) is 4.79 Å². The second kappa shape index (κ2) is 7.27. The van der Waals surface area contributed by atoms with Gasteiger partial charge >= 0.3 is 5.97 Å². The van der Waals surface area contributed by atoms with Crippen molar-refractivity contribution >= 4 is 27.8 Å². The largest absolute Gasteiger partial charge is 0.507 e. The van der Waals surface area contributed by atoms with Gasteiger partial charge < -0.3 is 15.2 Å². The first-order valence-electron chi connectivity index (χ1n) is 6.57. The molecule has 0 saturated heterocycles. The fraction of sp³-hybridized carbons (Fsp3) is 0.400. The van der Waals surface area contributed by atoms with Crippen LogP contribution in [0.1, 0.15) is 31.1 Å². The maximum Gasteiger partial charge on any atom is 0.342 e. The number of phenolic OH excluding ortho intramolecular Hbond substituents is 1. The van der Waals surface area contributed by atoms with E-state index in [1.807, 2.05) is 6.07 Å². The first kappa shape index (κ1) is 18.0. The molecular formula is C15H17BrN2O4. The summed E-state index contributed by atoms with van der Waals surface area (Å²) in [6.07, 6.45) is 0. The van der Waals surface area contributed by atoms with Gasteiger partial charge in [-0.2, -0.15) is 5.26 Å². The van der Waals surface area contributed by atoms with Crippen LogP contribution >= 0.6 is 15.9 Å². The molecule has 118 valence electrons. The Morgan fingerprint density at radius 2 is 2.14 bits per heavy atom. The summed E-state index contributed by atoms with van der Waals surface area (Å²) in [7, 11) is 0. The predicted molar refractivity (Wildman–Crippen MR) is 83.1 cm³/mol. The number of carbonyl (C=O) groups excluding carboxylic acids is 2. The molecule has 1 atom stereocenters. The van der Waals surface area contributed by atoms with Crippen LogP contribution in [0.2, 0.25) is 0 Å². The molecule has 0 saturated carbocycles. The zero-order valence-electron chi connectivity index (χ0n) is 12.5. The number of aromatic hydroxyl groups is 1. The molecule has 22 heavy (non-hydrogen) atoms. The van der Waals surface area contributed by atoms with Crippen molar-refractivity contribution in [2.24, 2.45) is 5.92 Å². The Bertz CT molecular complexity index is 624. The van der Waals surface area contributed by atoms with Crippen LogP contribution < -0.4 is 5.32 Å². The number of benzene rings is 1. The maximum atomic E-state index is 11.8. The highest BCUT2D eigenvalue weighted by Gasteiger charge is 2.30. The van der Waals surface area contributed by atoms with Crippen molar-refractivity contribution in [1.29, 1.82) is 5.26 Å². The minimum absolute atomic E-state index is 0.0471.